The van der Waals surface area contributed by atoms with Crippen molar-refractivity contribution in [3.63, 3.8) is 0 Å². The number of rotatable bonds is 5. The first kappa shape index (κ1) is 17.0. The van der Waals surface area contributed by atoms with E-state index in [1.54, 1.807) is 6.20 Å². The number of carbonyl (C=O) groups is 1. The van der Waals surface area contributed by atoms with E-state index in [-0.39, 0.29) is 5.91 Å². The van der Waals surface area contributed by atoms with E-state index in [0.717, 1.165) is 27.7 Å². The summed E-state index contributed by atoms with van der Waals surface area (Å²) in [5, 5.41) is 0.976. The highest BCUT2D eigenvalue weighted by Crippen LogP contribution is 2.23. The van der Waals surface area contributed by atoms with Gasteiger partial charge in [-0.1, -0.05) is 54.6 Å². The van der Waals surface area contributed by atoms with E-state index in [4.69, 9.17) is 0 Å². The summed E-state index contributed by atoms with van der Waals surface area (Å²) in [5.41, 5.74) is 3.75. The zero-order valence-electron chi connectivity index (χ0n) is 15.2. The first-order valence-electron chi connectivity index (χ1n) is 8.99. The number of hydrogen-bond acceptors (Lipinski definition) is 2. The lowest BCUT2D eigenvalue weighted by atomic mass is 10.1. The van der Waals surface area contributed by atoms with E-state index >= 15 is 0 Å². The Morgan fingerprint density at radius 3 is 2.44 bits per heavy atom. The Balaban J connectivity index is 1.71. The average Bonchev–Trinajstić information content (AvgIpc) is 3.05. The van der Waals surface area contributed by atoms with E-state index in [9.17, 15) is 4.79 Å². The number of nitrogens with zero attached hydrogens (tertiary/aromatic N) is 3. The molecule has 4 rings (SSSR count). The number of aromatic nitrogens is 2. The monoisotopic (exact) mass is 355 g/mol. The van der Waals surface area contributed by atoms with Crippen molar-refractivity contribution in [3.05, 3.63) is 102 Å². The second-order valence-electron chi connectivity index (χ2n) is 6.64. The lowest BCUT2D eigenvalue weighted by Gasteiger charge is -2.22. The Hall–Kier alpha value is -3.40. The molecule has 4 nitrogen and oxygen atoms in total. The molecule has 0 N–H and O–H groups in total. The highest BCUT2D eigenvalue weighted by atomic mass is 16.2. The molecule has 0 bridgehead atoms. The third-order valence-corrected chi connectivity index (χ3v) is 4.71. The van der Waals surface area contributed by atoms with E-state index < -0.39 is 0 Å². The van der Waals surface area contributed by atoms with Gasteiger partial charge in [-0.3, -0.25) is 9.78 Å². The second-order valence-corrected chi connectivity index (χ2v) is 6.64. The molecule has 0 aliphatic carbocycles. The van der Waals surface area contributed by atoms with Crippen LogP contribution in [0.5, 0.6) is 0 Å². The maximum atomic E-state index is 13.5. The van der Waals surface area contributed by atoms with Crippen LogP contribution in [0.15, 0.2) is 85.2 Å². The quantitative estimate of drug-likeness (QED) is 0.532. The Kier molecular flexibility index (Phi) is 4.71. The third kappa shape index (κ3) is 3.60. The first-order chi connectivity index (χ1) is 13.2. The molecule has 0 aliphatic heterocycles. The predicted molar refractivity (Wildman–Crippen MR) is 107 cm³/mol. The second kappa shape index (κ2) is 7.46. The summed E-state index contributed by atoms with van der Waals surface area (Å²) in [6.45, 7) is 1.01. The van der Waals surface area contributed by atoms with Crippen molar-refractivity contribution in [2.45, 2.75) is 13.1 Å². The predicted octanol–water partition coefficient (Wildman–Crippen LogP) is 4.42. The number of pyridine rings is 1. The van der Waals surface area contributed by atoms with Crippen molar-refractivity contribution in [2.75, 3.05) is 0 Å². The average molecular weight is 355 g/mol. The fourth-order valence-electron chi connectivity index (χ4n) is 3.37. The number of fused-ring (bicyclic) bond motifs is 1. The summed E-state index contributed by atoms with van der Waals surface area (Å²) in [4.78, 5) is 19.7. The fourth-order valence-corrected chi connectivity index (χ4v) is 3.37. The molecule has 134 valence electrons. The zero-order valence-corrected chi connectivity index (χ0v) is 15.2. The Morgan fingerprint density at radius 1 is 0.926 bits per heavy atom. The smallest absolute Gasteiger partial charge is 0.256 e. The van der Waals surface area contributed by atoms with Crippen LogP contribution in [0.3, 0.4) is 0 Å². The summed E-state index contributed by atoms with van der Waals surface area (Å²) in [7, 11) is 1.97. The minimum atomic E-state index is 0.0151. The molecule has 4 aromatic rings. The van der Waals surface area contributed by atoms with Gasteiger partial charge in [0.25, 0.3) is 5.91 Å². The van der Waals surface area contributed by atoms with Crippen molar-refractivity contribution in [1.29, 1.82) is 0 Å². The molecule has 2 aromatic carbocycles. The van der Waals surface area contributed by atoms with Gasteiger partial charge in [0.1, 0.15) is 0 Å². The third-order valence-electron chi connectivity index (χ3n) is 4.71. The normalized spacial score (nSPS) is 10.9. The van der Waals surface area contributed by atoms with Gasteiger partial charge in [-0.2, -0.15) is 0 Å². The summed E-state index contributed by atoms with van der Waals surface area (Å²) in [6.07, 6.45) is 3.68. The Morgan fingerprint density at radius 2 is 1.67 bits per heavy atom. The molecule has 0 saturated heterocycles. The number of amides is 1. The highest BCUT2D eigenvalue weighted by molar-refractivity contribution is 6.06. The maximum absolute atomic E-state index is 13.5. The Bertz CT molecular complexity index is 1010. The molecule has 1 amide bonds. The summed E-state index contributed by atoms with van der Waals surface area (Å²) >= 11 is 0. The van der Waals surface area contributed by atoms with Gasteiger partial charge in [0.05, 0.1) is 17.8 Å². The van der Waals surface area contributed by atoms with Gasteiger partial charge in [-0.15, -0.1) is 0 Å². The van der Waals surface area contributed by atoms with Crippen LogP contribution in [0, 0.1) is 0 Å². The summed E-state index contributed by atoms with van der Waals surface area (Å²) in [5.74, 6) is 0.0151. The number of hydrogen-bond donors (Lipinski definition) is 0. The van der Waals surface area contributed by atoms with Gasteiger partial charge >= 0.3 is 0 Å². The zero-order chi connectivity index (χ0) is 18.6. The largest absolute Gasteiger partial charge is 0.350 e. The van der Waals surface area contributed by atoms with E-state index in [0.29, 0.717) is 13.1 Å². The van der Waals surface area contributed by atoms with E-state index in [1.807, 2.05) is 95.5 Å². The van der Waals surface area contributed by atoms with Crippen LogP contribution in [0.25, 0.3) is 10.9 Å². The van der Waals surface area contributed by atoms with Crippen LogP contribution < -0.4 is 0 Å². The minimum Gasteiger partial charge on any atom is -0.350 e. The van der Waals surface area contributed by atoms with Crippen LogP contribution in [-0.2, 0) is 20.1 Å². The maximum Gasteiger partial charge on any atom is 0.256 e. The van der Waals surface area contributed by atoms with Crippen molar-refractivity contribution in [1.82, 2.24) is 14.5 Å². The van der Waals surface area contributed by atoms with E-state index in [2.05, 4.69) is 4.98 Å². The summed E-state index contributed by atoms with van der Waals surface area (Å²) in [6, 6.07) is 23.9. The van der Waals surface area contributed by atoms with Crippen LogP contribution >= 0.6 is 0 Å². The number of aryl methyl sites for hydroxylation is 1. The fraction of sp³-hybridized carbons (Fsp3) is 0.130. The standard InChI is InChI=1S/C23H21N3O/c1-25-17-21(20-12-5-6-13-22(20)25)23(27)26(15-18-9-3-2-4-10-18)16-19-11-7-8-14-24-19/h2-14,17H,15-16H2,1H3. The SMILES string of the molecule is Cn1cc(C(=O)N(Cc2ccccc2)Cc2ccccn2)c2ccccc21. The molecular formula is C23H21N3O. The summed E-state index contributed by atoms with van der Waals surface area (Å²) < 4.78 is 2.00. The topological polar surface area (TPSA) is 38.1 Å². The lowest BCUT2D eigenvalue weighted by Crippen LogP contribution is -2.30. The molecule has 0 radical (unpaired) electrons. The van der Waals surface area contributed by atoms with Crippen LogP contribution in [0.2, 0.25) is 0 Å². The number of para-hydroxylation sites is 1. The van der Waals surface area contributed by atoms with Gasteiger partial charge in [-0.05, 0) is 23.8 Å². The Labute approximate surface area is 158 Å². The highest BCUT2D eigenvalue weighted by Gasteiger charge is 2.21. The molecule has 0 unspecified atom stereocenters. The molecule has 0 fully saturated rings. The van der Waals surface area contributed by atoms with Crippen molar-refractivity contribution < 1.29 is 4.79 Å². The van der Waals surface area contributed by atoms with E-state index in [1.165, 1.54) is 0 Å². The lowest BCUT2D eigenvalue weighted by molar-refractivity contribution is 0.0729. The van der Waals surface area contributed by atoms with Crippen LogP contribution in [0.4, 0.5) is 0 Å². The van der Waals surface area contributed by atoms with Gasteiger partial charge in [0, 0.05) is 36.9 Å². The van der Waals surface area contributed by atoms with Gasteiger partial charge in [0.2, 0.25) is 0 Å². The number of carbonyl (C=O) groups excluding carboxylic acids is 1. The molecule has 0 atom stereocenters. The van der Waals surface area contributed by atoms with Crippen molar-refractivity contribution >= 4 is 16.8 Å². The van der Waals surface area contributed by atoms with Crippen LogP contribution in [-0.4, -0.2) is 20.4 Å². The molecule has 0 aliphatic rings. The molecule has 0 spiro atoms. The minimum absolute atomic E-state index is 0.0151. The van der Waals surface area contributed by atoms with Crippen molar-refractivity contribution in [3.8, 4) is 0 Å². The molecule has 27 heavy (non-hydrogen) atoms. The van der Waals surface area contributed by atoms with Gasteiger partial charge < -0.3 is 9.47 Å². The molecule has 0 saturated carbocycles. The van der Waals surface area contributed by atoms with Gasteiger partial charge in [0.15, 0.2) is 0 Å². The number of benzene rings is 2. The molecule has 2 aromatic heterocycles. The molecule has 2 heterocycles. The molecule has 4 heteroatoms. The van der Waals surface area contributed by atoms with Gasteiger partial charge in [-0.25, -0.2) is 0 Å². The van der Waals surface area contributed by atoms with Crippen LogP contribution in [0.1, 0.15) is 21.6 Å². The van der Waals surface area contributed by atoms with Crippen molar-refractivity contribution in [2.24, 2.45) is 7.05 Å². The first-order valence-corrected chi connectivity index (χ1v) is 8.99. The molecular weight excluding hydrogens is 334 g/mol.